The van der Waals surface area contributed by atoms with E-state index in [0.717, 1.165) is 40.1 Å². The van der Waals surface area contributed by atoms with Gasteiger partial charge in [0.05, 0.1) is 24.8 Å². The second-order valence-corrected chi connectivity index (χ2v) is 11.0. The van der Waals surface area contributed by atoms with Crippen molar-refractivity contribution in [2.75, 3.05) is 6.61 Å². The van der Waals surface area contributed by atoms with Gasteiger partial charge in [-0.25, -0.2) is 4.68 Å². The van der Waals surface area contributed by atoms with Gasteiger partial charge in [-0.2, -0.15) is 0 Å². The van der Waals surface area contributed by atoms with Crippen LogP contribution in [0.4, 0.5) is 0 Å². The van der Waals surface area contributed by atoms with E-state index in [0.29, 0.717) is 31.0 Å². The van der Waals surface area contributed by atoms with Gasteiger partial charge in [-0.15, -0.1) is 5.10 Å². The molecule has 0 spiro atoms. The Morgan fingerprint density at radius 3 is 2.65 bits per heavy atom. The van der Waals surface area contributed by atoms with Crippen LogP contribution in [0, 0.1) is 15.0 Å². The van der Waals surface area contributed by atoms with Crippen LogP contribution in [0.5, 0.6) is 0 Å². The molecule has 1 saturated carbocycles. The molecular formula is C24H34IN3O3. The molecule has 2 aromatic rings. The van der Waals surface area contributed by atoms with Crippen LogP contribution >= 0.6 is 22.6 Å². The maximum atomic E-state index is 11.5. The van der Waals surface area contributed by atoms with E-state index in [2.05, 4.69) is 53.7 Å². The van der Waals surface area contributed by atoms with Gasteiger partial charge in [-0.1, -0.05) is 56.3 Å². The first-order chi connectivity index (χ1) is 14.7. The van der Waals surface area contributed by atoms with Gasteiger partial charge in [0.25, 0.3) is 0 Å². The summed E-state index contributed by atoms with van der Waals surface area (Å²) < 4.78 is 8.59. The zero-order valence-corrected chi connectivity index (χ0v) is 20.9. The number of carbonyl (C=O) groups is 1. The summed E-state index contributed by atoms with van der Waals surface area (Å²) in [5, 5.41) is 18.2. The van der Waals surface area contributed by atoms with Crippen LogP contribution in [0.2, 0.25) is 0 Å². The quantitative estimate of drug-likeness (QED) is 0.288. The number of aliphatic carboxylic acids is 1. The normalized spacial score (nSPS) is 19.7. The number of hydrogen-bond donors (Lipinski definition) is 1. The van der Waals surface area contributed by atoms with Crippen molar-refractivity contribution in [3.63, 3.8) is 0 Å². The summed E-state index contributed by atoms with van der Waals surface area (Å²) in [7, 11) is 0. The van der Waals surface area contributed by atoms with Gasteiger partial charge in [0, 0.05) is 12.5 Å². The van der Waals surface area contributed by atoms with Gasteiger partial charge in [0.15, 0.2) is 0 Å². The Balaban J connectivity index is 1.53. The Kier molecular flexibility index (Phi) is 8.50. The topological polar surface area (TPSA) is 77.2 Å². The fraction of sp³-hybridized carbons (Fsp3) is 0.625. The van der Waals surface area contributed by atoms with Gasteiger partial charge in [-0.05, 0) is 71.6 Å². The lowest BCUT2D eigenvalue weighted by molar-refractivity contribution is -0.138. The molecule has 0 saturated heterocycles. The summed E-state index contributed by atoms with van der Waals surface area (Å²) >= 11 is 2.30. The van der Waals surface area contributed by atoms with Crippen molar-refractivity contribution in [3.8, 4) is 0 Å². The molecule has 0 amide bonds. The van der Waals surface area contributed by atoms with Crippen molar-refractivity contribution in [3.05, 3.63) is 45.3 Å². The van der Waals surface area contributed by atoms with E-state index < -0.39 is 5.97 Å². The molecule has 7 heteroatoms. The highest BCUT2D eigenvalue weighted by atomic mass is 127. The standard InChI is InChI=1S/C24H34IN3O3/c1-24(2,3)15-18-12-19(13-18)22-23(25)28(27-26-22)20(14-21(29)30)10-7-11-31-16-17-8-5-4-6-9-17/h4-6,8-9,18-20H,7,10-16H2,1-3H3,(H,29,30)/t18?,19?,20-/m0/s1. The molecule has 31 heavy (non-hydrogen) atoms. The summed E-state index contributed by atoms with van der Waals surface area (Å²) in [6, 6.07) is 9.87. The predicted molar refractivity (Wildman–Crippen MR) is 129 cm³/mol. The van der Waals surface area contributed by atoms with Gasteiger partial charge in [0.1, 0.15) is 3.70 Å². The summed E-state index contributed by atoms with van der Waals surface area (Å²) in [6.45, 7) is 8.05. The third-order valence-corrected chi connectivity index (χ3v) is 6.93. The minimum absolute atomic E-state index is 0.0504. The second-order valence-electron chi connectivity index (χ2n) is 9.94. The van der Waals surface area contributed by atoms with Crippen LogP contribution in [0.25, 0.3) is 0 Å². The van der Waals surface area contributed by atoms with Gasteiger partial charge >= 0.3 is 5.97 Å². The number of nitrogens with zero attached hydrogens (tertiary/aromatic N) is 3. The Bertz CT molecular complexity index is 841. The van der Waals surface area contributed by atoms with Crippen LogP contribution in [0.1, 0.15) is 82.5 Å². The zero-order chi connectivity index (χ0) is 22.4. The lowest BCUT2D eigenvalue weighted by atomic mass is 9.67. The van der Waals surface area contributed by atoms with E-state index in [1.54, 1.807) is 0 Å². The van der Waals surface area contributed by atoms with Crippen LogP contribution in [0.15, 0.2) is 30.3 Å². The Labute approximate surface area is 198 Å². The molecule has 1 atom stereocenters. The highest BCUT2D eigenvalue weighted by Gasteiger charge is 2.36. The smallest absolute Gasteiger partial charge is 0.305 e. The largest absolute Gasteiger partial charge is 0.481 e. The summed E-state index contributed by atoms with van der Waals surface area (Å²) in [4.78, 5) is 11.5. The first-order valence-corrected chi connectivity index (χ1v) is 12.2. The molecule has 1 aliphatic carbocycles. The van der Waals surface area contributed by atoms with E-state index in [1.165, 1.54) is 6.42 Å². The van der Waals surface area contributed by atoms with E-state index >= 15 is 0 Å². The highest BCUT2D eigenvalue weighted by Crippen LogP contribution is 2.47. The maximum Gasteiger partial charge on any atom is 0.305 e. The first-order valence-electron chi connectivity index (χ1n) is 11.2. The number of carboxylic acids is 1. The number of carboxylic acid groups (broad SMARTS) is 1. The number of hydrogen-bond acceptors (Lipinski definition) is 4. The molecule has 6 nitrogen and oxygen atoms in total. The van der Waals surface area contributed by atoms with Crippen LogP contribution < -0.4 is 0 Å². The molecule has 1 aliphatic rings. The van der Waals surface area contributed by atoms with Gasteiger partial charge < -0.3 is 9.84 Å². The monoisotopic (exact) mass is 539 g/mol. The van der Waals surface area contributed by atoms with Gasteiger partial charge in [-0.3, -0.25) is 4.79 Å². The molecule has 1 aromatic heterocycles. The predicted octanol–water partition coefficient (Wildman–Crippen LogP) is 5.83. The third kappa shape index (κ3) is 7.27. The number of aromatic nitrogens is 3. The van der Waals surface area contributed by atoms with Crippen molar-refractivity contribution < 1.29 is 14.6 Å². The first kappa shape index (κ1) is 24.2. The van der Waals surface area contributed by atoms with Crippen molar-refractivity contribution in [2.24, 2.45) is 11.3 Å². The van der Waals surface area contributed by atoms with E-state index in [9.17, 15) is 9.90 Å². The molecule has 0 aliphatic heterocycles. The zero-order valence-electron chi connectivity index (χ0n) is 18.8. The minimum atomic E-state index is -0.808. The van der Waals surface area contributed by atoms with E-state index in [1.807, 2.05) is 35.0 Å². The number of ether oxygens (including phenoxy) is 1. The molecule has 3 rings (SSSR count). The molecular weight excluding hydrogens is 505 g/mol. The van der Waals surface area contributed by atoms with E-state index in [-0.39, 0.29) is 12.5 Å². The molecule has 1 heterocycles. The Hall–Kier alpha value is -1.48. The van der Waals surface area contributed by atoms with Crippen LogP contribution in [-0.2, 0) is 16.1 Å². The van der Waals surface area contributed by atoms with Crippen molar-refractivity contribution in [1.82, 2.24) is 15.0 Å². The maximum absolute atomic E-state index is 11.5. The number of benzene rings is 1. The molecule has 1 fully saturated rings. The third-order valence-electron chi connectivity index (χ3n) is 5.88. The summed E-state index contributed by atoms with van der Waals surface area (Å²) in [6.07, 6.45) is 5.09. The molecule has 0 unspecified atom stereocenters. The molecule has 0 bridgehead atoms. The molecule has 170 valence electrons. The number of halogens is 1. The second kappa shape index (κ2) is 10.9. The van der Waals surface area contributed by atoms with Crippen molar-refractivity contribution in [1.29, 1.82) is 0 Å². The molecule has 0 radical (unpaired) electrons. The fourth-order valence-corrected chi connectivity index (χ4v) is 5.51. The lowest BCUT2D eigenvalue weighted by Gasteiger charge is -2.38. The molecule has 1 N–H and O–H groups in total. The van der Waals surface area contributed by atoms with Gasteiger partial charge in [0.2, 0.25) is 0 Å². The SMILES string of the molecule is CC(C)(C)CC1CC(c2nnn([C@@H](CCCOCc3ccccc3)CC(=O)O)c2I)C1. The van der Waals surface area contributed by atoms with Crippen molar-refractivity contribution in [2.45, 2.75) is 77.9 Å². The average Bonchev–Trinajstić information content (AvgIpc) is 3.04. The Morgan fingerprint density at radius 2 is 2.00 bits per heavy atom. The van der Waals surface area contributed by atoms with Crippen LogP contribution in [-0.4, -0.2) is 32.7 Å². The number of rotatable bonds is 11. The molecule has 1 aromatic carbocycles. The average molecular weight is 539 g/mol. The highest BCUT2D eigenvalue weighted by molar-refractivity contribution is 14.1. The minimum Gasteiger partial charge on any atom is -0.481 e. The summed E-state index contributed by atoms with van der Waals surface area (Å²) in [5.41, 5.74) is 2.54. The fourth-order valence-electron chi connectivity index (χ4n) is 4.47. The summed E-state index contributed by atoms with van der Waals surface area (Å²) in [5.74, 6) is 0.396. The Morgan fingerprint density at radius 1 is 1.29 bits per heavy atom. The van der Waals surface area contributed by atoms with E-state index in [4.69, 9.17) is 4.74 Å². The van der Waals surface area contributed by atoms with Crippen LogP contribution in [0.3, 0.4) is 0 Å². The van der Waals surface area contributed by atoms with Crippen molar-refractivity contribution >= 4 is 28.6 Å². The lowest BCUT2D eigenvalue weighted by Crippen LogP contribution is -2.27.